The number of hydrogen-bond acceptors (Lipinski definition) is 9. The number of carbonyl (C=O) groups is 2. The van der Waals surface area contributed by atoms with E-state index in [9.17, 15) is 56.2 Å². The molecule has 0 fully saturated rings. The van der Waals surface area contributed by atoms with Crippen LogP contribution in [0, 0.1) is 187 Å². The predicted octanol–water partition coefficient (Wildman–Crippen LogP) is 6.84. The highest BCUT2D eigenvalue weighted by Crippen LogP contribution is 2.30. The third kappa shape index (κ3) is 25.7. The minimum atomic E-state index is -4.81. The average molecular weight is 1010 g/mol. The van der Waals surface area contributed by atoms with Gasteiger partial charge in [-0.25, -0.2) is 0 Å². The van der Waals surface area contributed by atoms with Crippen molar-refractivity contribution in [2.75, 3.05) is 23.7 Å². The summed E-state index contributed by atoms with van der Waals surface area (Å²) >= 11 is 0. The Bertz CT molecular complexity index is 3460. The van der Waals surface area contributed by atoms with Crippen LogP contribution in [0.2, 0.25) is 0 Å². The normalized spacial score (nSPS) is 9.91. The first-order valence-corrected chi connectivity index (χ1v) is 20.4. The van der Waals surface area contributed by atoms with E-state index in [-0.39, 0.29) is 33.9 Å². The third-order valence-electron chi connectivity index (χ3n) is 7.82. The van der Waals surface area contributed by atoms with Crippen molar-refractivity contribution in [3.8, 4) is 166 Å². The smallest absolute Gasteiger partial charge is 0.373 e. The van der Waals surface area contributed by atoms with Crippen molar-refractivity contribution in [2.24, 2.45) is 5.73 Å². The van der Waals surface area contributed by atoms with Crippen LogP contribution < -0.4 is 16.4 Å². The molecule has 368 valence electrons. The molecule has 2 unspecified atom stereocenters. The van der Waals surface area contributed by atoms with Gasteiger partial charge in [-0.3, -0.25) is 34.7 Å². The van der Waals surface area contributed by atoms with E-state index < -0.39 is 59.2 Å². The standard InChI is InChI=1S/C17H12F3N3O4.C16H6.C15H4.C9H10F3N3O2/c18-17(19,20)14(21-10-4-3-5-11(8-10)23(26)27)9-22-15(24)12-6-1-2-7-13(12)16(22)25;1-3-5-7-9-11-13-15-16-14-12-10-8-6-4-2;1-3-5-7-9-11-13-15-14-12-10-8-6-4-2;10-9(11,12)8(5-13)14-6-2-1-3-7(4-6)15(16)17/h1-8,14,21H,9H2;1-2H3;1H,2H3;1-4,8,14H,5,13H2. The van der Waals surface area contributed by atoms with Crippen LogP contribution in [0.25, 0.3) is 0 Å². The van der Waals surface area contributed by atoms with E-state index >= 15 is 0 Å². The second kappa shape index (κ2) is 34.8. The number of amides is 2. The second-order valence-electron chi connectivity index (χ2n) is 12.9. The number of halogens is 6. The molecule has 12 nitrogen and oxygen atoms in total. The van der Waals surface area contributed by atoms with Crippen LogP contribution in [0.4, 0.5) is 49.1 Å². The fourth-order valence-electron chi connectivity index (χ4n) is 4.73. The Balaban J connectivity index is 0.000000519. The number of terminal acetylenes is 1. The summed E-state index contributed by atoms with van der Waals surface area (Å²) in [5, 5.41) is 25.5. The van der Waals surface area contributed by atoms with Crippen molar-refractivity contribution >= 4 is 34.6 Å². The van der Waals surface area contributed by atoms with E-state index in [2.05, 4.69) is 170 Å². The van der Waals surface area contributed by atoms with Gasteiger partial charge in [0, 0.05) is 42.2 Å². The number of nitrogens with one attached hydrogen (secondary N) is 2. The van der Waals surface area contributed by atoms with Crippen LogP contribution in [-0.2, 0) is 0 Å². The Hall–Kier alpha value is -11.4. The highest BCUT2D eigenvalue weighted by atomic mass is 19.4. The number of rotatable bonds is 9. The molecule has 0 bridgehead atoms. The van der Waals surface area contributed by atoms with Crippen molar-refractivity contribution in [1.29, 1.82) is 0 Å². The summed E-state index contributed by atoms with van der Waals surface area (Å²) in [5.41, 5.74) is 4.25. The summed E-state index contributed by atoms with van der Waals surface area (Å²) < 4.78 is 77.5. The van der Waals surface area contributed by atoms with Gasteiger partial charge in [0.15, 0.2) is 0 Å². The fourth-order valence-corrected chi connectivity index (χ4v) is 4.73. The van der Waals surface area contributed by atoms with Crippen molar-refractivity contribution < 1.29 is 45.8 Å². The van der Waals surface area contributed by atoms with Gasteiger partial charge < -0.3 is 16.4 Å². The maximum absolute atomic E-state index is 13.5. The van der Waals surface area contributed by atoms with Gasteiger partial charge in [0.1, 0.15) is 12.1 Å². The number of benzene rings is 3. The molecule has 1 aliphatic heterocycles. The molecule has 2 atom stereocenters. The zero-order valence-electron chi connectivity index (χ0n) is 39.2. The van der Waals surface area contributed by atoms with Crippen LogP contribution in [0.1, 0.15) is 41.5 Å². The van der Waals surface area contributed by atoms with Crippen molar-refractivity contribution in [1.82, 2.24) is 4.90 Å². The molecule has 0 saturated carbocycles. The Kier molecular flexibility index (Phi) is 28.6. The number of nitrogens with zero attached hydrogens (tertiary/aromatic N) is 3. The number of non-ortho nitro benzene ring substituents is 2. The number of anilines is 2. The fraction of sp³-hybridized carbons (Fsp3) is 0.158. The topological polar surface area (TPSA) is 174 Å². The molecule has 2 amide bonds. The third-order valence-corrected chi connectivity index (χ3v) is 7.82. The summed E-state index contributed by atoms with van der Waals surface area (Å²) in [6.07, 6.45) is -4.43. The van der Waals surface area contributed by atoms with Gasteiger partial charge in [0.05, 0.1) is 27.5 Å². The number of nitrogens with two attached hydrogens (primary N) is 1. The van der Waals surface area contributed by atoms with E-state index in [1.54, 1.807) is 20.8 Å². The first-order valence-electron chi connectivity index (χ1n) is 20.4. The molecule has 0 radical (unpaired) electrons. The minimum Gasteiger partial charge on any atom is -0.373 e. The average Bonchev–Trinajstić information content (AvgIpc) is 3.62. The Morgan fingerprint density at radius 2 is 0.827 bits per heavy atom. The van der Waals surface area contributed by atoms with Crippen LogP contribution in [-0.4, -0.2) is 64.1 Å². The lowest BCUT2D eigenvalue weighted by molar-refractivity contribution is -0.385. The molecular formula is C57H32F6N6O6. The lowest BCUT2D eigenvalue weighted by Gasteiger charge is -2.26. The van der Waals surface area contributed by atoms with Gasteiger partial charge in [-0.2, -0.15) is 26.3 Å². The largest absolute Gasteiger partial charge is 0.410 e. The number of carbonyl (C=O) groups excluding carboxylic acids is 2. The lowest BCUT2D eigenvalue weighted by Crippen LogP contribution is -2.47. The molecule has 1 aliphatic rings. The number of imide groups is 1. The molecule has 0 aromatic heterocycles. The summed E-state index contributed by atoms with van der Waals surface area (Å²) in [6, 6.07) is 10.9. The maximum Gasteiger partial charge on any atom is 0.410 e. The molecule has 18 heteroatoms. The molecule has 0 spiro atoms. The van der Waals surface area contributed by atoms with Crippen LogP contribution in [0.3, 0.4) is 0 Å². The maximum atomic E-state index is 13.5. The summed E-state index contributed by atoms with van der Waals surface area (Å²) in [4.78, 5) is 44.9. The molecular weight excluding hydrogens is 979 g/mol. The zero-order chi connectivity index (χ0) is 55.9. The van der Waals surface area contributed by atoms with Gasteiger partial charge in [0.2, 0.25) is 0 Å². The summed E-state index contributed by atoms with van der Waals surface area (Å²) in [7, 11) is 0. The van der Waals surface area contributed by atoms with E-state index in [4.69, 9.17) is 12.2 Å². The Morgan fingerprint density at radius 3 is 1.11 bits per heavy atom. The molecule has 0 saturated heterocycles. The number of nitro benzene ring substituents is 2. The molecule has 3 aromatic carbocycles. The number of alkyl halides is 6. The summed E-state index contributed by atoms with van der Waals surface area (Å²) in [5.74, 6) is 65.9. The second-order valence-corrected chi connectivity index (χ2v) is 12.9. The van der Waals surface area contributed by atoms with Gasteiger partial charge in [-0.15, -0.1) is 6.42 Å². The highest BCUT2D eigenvalue weighted by Gasteiger charge is 2.45. The number of fused-ring (bicyclic) bond motifs is 1. The summed E-state index contributed by atoms with van der Waals surface area (Å²) in [6.45, 7) is 3.52. The van der Waals surface area contributed by atoms with Crippen molar-refractivity contribution in [3.63, 3.8) is 0 Å². The van der Waals surface area contributed by atoms with E-state index in [1.807, 2.05) is 0 Å². The lowest BCUT2D eigenvalue weighted by atomic mass is 10.1. The van der Waals surface area contributed by atoms with Crippen molar-refractivity contribution in [2.45, 2.75) is 45.2 Å². The number of hydrogen-bond donors (Lipinski definition) is 3. The molecule has 4 rings (SSSR count). The van der Waals surface area contributed by atoms with Gasteiger partial charge in [0.25, 0.3) is 23.2 Å². The van der Waals surface area contributed by atoms with Gasteiger partial charge >= 0.3 is 12.4 Å². The SMILES string of the molecule is C#CC#CC#CC#CC#CC#CC#CC.CC#CC#CC#CC#CC#CC#CC#CC.NCC(Nc1cccc([N+](=O)[O-])c1)C(F)(F)F.O=C1c2ccccc2C(=O)N1CC(Nc1cccc([N+](=O)[O-])c1)C(F)(F)F. The van der Waals surface area contributed by atoms with Gasteiger partial charge in [-0.1, -0.05) is 42.0 Å². The Labute approximate surface area is 429 Å². The quantitative estimate of drug-likeness (QED) is 0.0682. The van der Waals surface area contributed by atoms with E-state index in [0.717, 1.165) is 18.2 Å². The van der Waals surface area contributed by atoms with Crippen molar-refractivity contribution in [3.05, 3.63) is 104 Å². The van der Waals surface area contributed by atoms with Crippen LogP contribution in [0.5, 0.6) is 0 Å². The first-order chi connectivity index (χ1) is 35.9. The zero-order valence-corrected chi connectivity index (χ0v) is 39.2. The van der Waals surface area contributed by atoms with E-state index in [1.165, 1.54) is 54.6 Å². The molecule has 3 aromatic rings. The monoisotopic (exact) mass is 1010 g/mol. The van der Waals surface area contributed by atoms with E-state index in [0.29, 0.717) is 4.90 Å². The van der Waals surface area contributed by atoms with Crippen LogP contribution >= 0.6 is 0 Å². The number of nitro groups is 2. The molecule has 1 heterocycles. The molecule has 0 aliphatic carbocycles. The first kappa shape index (κ1) is 61.6. The minimum absolute atomic E-state index is 0.00646. The predicted molar refractivity (Wildman–Crippen MR) is 271 cm³/mol. The van der Waals surface area contributed by atoms with Gasteiger partial charge in [-0.05, 0) is 187 Å². The Morgan fingerprint density at radius 1 is 0.520 bits per heavy atom. The molecule has 4 N–H and O–H groups in total. The molecule has 75 heavy (non-hydrogen) atoms. The van der Waals surface area contributed by atoms with Crippen LogP contribution in [0.15, 0.2) is 72.8 Å². The highest BCUT2D eigenvalue weighted by molar-refractivity contribution is 6.21.